The van der Waals surface area contributed by atoms with Crippen LogP contribution in [0.15, 0.2) is 34.7 Å². The predicted molar refractivity (Wildman–Crippen MR) is 75.2 cm³/mol. The first-order valence-electron chi connectivity index (χ1n) is 5.88. The highest BCUT2D eigenvalue weighted by atomic mass is 32.2. The standard InChI is InChI=1S/C13H14FN3OS/c1-7-10-5-18-6-13(10,17-12(16)19-7)9-4-8(15)2-3-11(9)14/h2-4,10H,1,5-6,15H2,(H2,16,17)/t10-,13?/m1/s1. The van der Waals surface area contributed by atoms with Gasteiger partial charge in [0.2, 0.25) is 0 Å². The Labute approximate surface area is 114 Å². The molecule has 0 amide bonds. The lowest BCUT2D eigenvalue weighted by molar-refractivity contribution is 0.177. The lowest BCUT2D eigenvalue weighted by atomic mass is 9.80. The molecule has 2 aliphatic rings. The van der Waals surface area contributed by atoms with Crippen molar-refractivity contribution in [2.45, 2.75) is 5.54 Å². The monoisotopic (exact) mass is 279 g/mol. The molecule has 2 aliphatic heterocycles. The van der Waals surface area contributed by atoms with Gasteiger partial charge in [0.1, 0.15) is 11.4 Å². The largest absolute Gasteiger partial charge is 0.399 e. The zero-order valence-electron chi connectivity index (χ0n) is 10.2. The number of benzene rings is 1. The SMILES string of the molecule is C=C1SC(N)=NC2(c3cc(N)ccc3F)COC[C@H]12. The summed E-state index contributed by atoms with van der Waals surface area (Å²) in [6.45, 7) is 4.76. The number of hydrogen-bond acceptors (Lipinski definition) is 5. The molecule has 1 unspecified atom stereocenters. The second-order valence-electron chi connectivity index (χ2n) is 4.75. The second kappa shape index (κ2) is 4.25. The minimum absolute atomic E-state index is 0.0823. The molecule has 6 heteroatoms. The van der Waals surface area contributed by atoms with E-state index >= 15 is 0 Å². The van der Waals surface area contributed by atoms with E-state index in [1.54, 1.807) is 6.07 Å². The van der Waals surface area contributed by atoms with Gasteiger partial charge in [-0.25, -0.2) is 9.38 Å². The molecule has 1 aromatic rings. The molecule has 1 aromatic carbocycles. The quantitative estimate of drug-likeness (QED) is 0.769. The molecule has 19 heavy (non-hydrogen) atoms. The Morgan fingerprint density at radius 3 is 3.05 bits per heavy atom. The lowest BCUT2D eigenvalue weighted by Crippen LogP contribution is -2.39. The Morgan fingerprint density at radius 1 is 1.47 bits per heavy atom. The molecule has 0 saturated carbocycles. The number of nitrogens with zero attached hydrogens (tertiary/aromatic N) is 1. The van der Waals surface area contributed by atoms with Gasteiger partial charge in [-0.15, -0.1) is 0 Å². The molecule has 1 fully saturated rings. The van der Waals surface area contributed by atoms with E-state index in [1.165, 1.54) is 23.9 Å². The Balaban J connectivity index is 2.22. The van der Waals surface area contributed by atoms with Crippen molar-refractivity contribution >= 4 is 22.6 Å². The van der Waals surface area contributed by atoms with E-state index in [1.807, 2.05) is 0 Å². The fraction of sp³-hybridized carbons (Fsp3) is 0.308. The van der Waals surface area contributed by atoms with Crippen LogP contribution in [0.3, 0.4) is 0 Å². The molecule has 100 valence electrons. The van der Waals surface area contributed by atoms with Crippen LogP contribution in [0.25, 0.3) is 0 Å². The van der Waals surface area contributed by atoms with E-state index in [0.717, 1.165) is 4.91 Å². The maximum absolute atomic E-state index is 14.2. The molecule has 0 aliphatic carbocycles. The second-order valence-corrected chi connectivity index (χ2v) is 5.90. The fourth-order valence-electron chi connectivity index (χ4n) is 2.67. The first-order chi connectivity index (χ1) is 9.03. The molecule has 0 spiro atoms. The minimum Gasteiger partial charge on any atom is -0.399 e. The van der Waals surface area contributed by atoms with E-state index in [2.05, 4.69) is 11.6 Å². The molecule has 3 rings (SSSR count). The average molecular weight is 279 g/mol. The summed E-state index contributed by atoms with van der Waals surface area (Å²) in [7, 11) is 0. The van der Waals surface area contributed by atoms with Crippen molar-refractivity contribution in [3.8, 4) is 0 Å². The first kappa shape index (κ1) is 12.5. The molecule has 0 bridgehead atoms. The highest BCUT2D eigenvalue weighted by molar-refractivity contribution is 8.17. The summed E-state index contributed by atoms with van der Waals surface area (Å²) < 4.78 is 19.7. The van der Waals surface area contributed by atoms with Crippen molar-refractivity contribution in [2.75, 3.05) is 18.9 Å². The minimum atomic E-state index is -0.828. The Morgan fingerprint density at radius 2 is 2.26 bits per heavy atom. The van der Waals surface area contributed by atoms with Crippen molar-refractivity contribution < 1.29 is 9.13 Å². The van der Waals surface area contributed by atoms with Gasteiger partial charge in [-0.05, 0) is 23.1 Å². The number of amidine groups is 1. The van der Waals surface area contributed by atoms with E-state index < -0.39 is 5.54 Å². The van der Waals surface area contributed by atoms with Crippen molar-refractivity contribution in [3.63, 3.8) is 0 Å². The summed E-state index contributed by atoms with van der Waals surface area (Å²) >= 11 is 1.32. The van der Waals surface area contributed by atoms with E-state index in [9.17, 15) is 4.39 Å². The molecule has 4 N–H and O–H groups in total. The molecule has 0 aromatic heterocycles. The molecule has 4 nitrogen and oxygen atoms in total. The predicted octanol–water partition coefficient (Wildman–Crippen LogP) is 1.82. The van der Waals surface area contributed by atoms with Gasteiger partial charge in [0.05, 0.1) is 13.2 Å². The number of nitrogens with two attached hydrogens (primary N) is 2. The summed E-state index contributed by atoms with van der Waals surface area (Å²) in [5.41, 5.74) is 11.7. The number of rotatable bonds is 1. The number of anilines is 1. The molecule has 2 atom stereocenters. The average Bonchev–Trinajstić information content (AvgIpc) is 2.77. The highest BCUT2D eigenvalue weighted by Crippen LogP contribution is 2.49. The Hall–Kier alpha value is -1.53. The summed E-state index contributed by atoms with van der Waals surface area (Å²) in [5.74, 6) is -0.429. The van der Waals surface area contributed by atoms with Crippen LogP contribution < -0.4 is 11.5 Å². The van der Waals surface area contributed by atoms with Crippen LogP contribution >= 0.6 is 11.8 Å². The zero-order chi connectivity index (χ0) is 13.6. The maximum Gasteiger partial charge on any atom is 0.159 e. The summed E-state index contributed by atoms with van der Waals surface area (Å²) in [6.07, 6.45) is 0. The summed E-state index contributed by atoms with van der Waals surface area (Å²) in [5, 5.41) is 0.383. The van der Waals surface area contributed by atoms with Crippen LogP contribution in [0.2, 0.25) is 0 Å². The molecule has 2 heterocycles. The number of aliphatic imine (C=N–C) groups is 1. The van der Waals surface area contributed by atoms with Crippen LogP contribution in [-0.2, 0) is 10.3 Å². The number of nitrogen functional groups attached to an aromatic ring is 1. The highest BCUT2D eigenvalue weighted by Gasteiger charge is 2.51. The topological polar surface area (TPSA) is 73.6 Å². The summed E-state index contributed by atoms with van der Waals surface area (Å²) in [6, 6.07) is 4.49. The van der Waals surface area contributed by atoms with Gasteiger partial charge < -0.3 is 16.2 Å². The zero-order valence-corrected chi connectivity index (χ0v) is 11.0. The number of halogens is 1. The van der Waals surface area contributed by atoms with Crippen LogP contribution in [0.1, 0.15) is 5.56 Å². The van der Waals surface area contributed by atoms with Gasteiger partial charge in [0, 0.05) is 17.2 Å². The van der Waals surface area contributed by atoms with Crippen LogP contribution in [0.5, 0.6) is 0 Å². The Bertz CT molecular complexity index is 589. The molecular weight excluding hydrogens is 265 g/mol. The number of fused-ring (bicyclic) bond motifs is 1. The van der Waals surface area contributed by atoms with Crippen molar-refractivity contribution in [1.29, 1.82) is 0 Å². The maximum atomic E-state index is 14.2. The first-order valence-corrected chi connectivity index (χ1v) is 6.70. The van der Waals surface area contributed by atoms with E-state index in [-0.39, 0.29) is 11.7 Å². The van der Waals surface area contributed by atoms with E-state index in [0.29, 0.717) is 29.6 Å². The Kier molecular flexibility index (Phi) is 2.79. The third-order valence-electron chi connectivity index (χ3n) is 3.57. The molecule has 1 saturated heterocycles. The fourth-order valence-corrected chi connectivity index (χ4v) is 3.55. The van der Waals surface area contributed by atoms with E-state index in [4.69, 9.17) is 16.2 Å². The van der Waals surface area contributed by atoms with Crippen molar-refractivity contribution in [1.82, 2.24) is 0 Å². The van der Waals surface area contributed by atoms with Gasteiger partial charge in [0.15, 0.2) is 5.17 Å². The van der Waals surface area contributed by atoms with Crippen molar-refractivity contribution in [2.24, 2.45) is 16.6 Å². The number of ether oxygens (including phenoxy) is 1. The normalized spacial score (nSPS) is 30.1. The molecular formula is C13H14FN3OS. The van der Waals surface area contributed by atoms with Crippen LogP contribution in [0, 0.1) is 11.7 Å². The third kappa shape index (κ3) is 1.82. The van der Waals surface area contributed by atoms with Crippen LogP contribution in [0.4, 0.5) is 10.1 Å². The number of hydrogen-bond donors (Lipinski definition) is 2. The number of thioether (sulfide) groups is 1. The lowest BCUT2D eigenvalue weighted by Gasteiger charge is -2.35. The van der Waals surface area contributed by atoms with Gasteiger partial charge in [-0.3, -0.25) is 0 Å². The van der Waals surface area contributed by atoms with Gasteiger partial charge in [-0.1, -0.05) is 18.3 Å². The van der Waals surface area contributed by atoms with Crippen LogP contribution in [-0.4, -0.2) is 18.4 Å². The smallest absolute Gasteiger partial charge is 0.159 e. The van der Waals surface area contributed by atoms with Gasteiger partial charge in [0.25, 0.3) is 0 Å². The molecule has 0 radical (unpaired) electrons. The van der Waals surface area contributed by atoms with Crippen molar-refractivity contribution in [3.05, 3.63) is 41.1 Å². The summed E-state index contributed by atoms with van der Waals surface area (Å²) in [4.78, 5) is 5.33. The third-order valence-corrected chi connectivity index (χ3v) is 4.42. The van der Waals surface area contributed by atoms with Gasteiger partial charge in [-0.2, -0.15) is 0 Å². The van der Waals surface area contributed by atoms with Gasteiger partial charge >= 0.3 is 0 Å².